The van der Waals surface area contributed by atoms with Crippen LogP contribution in [0.5, 0.6) is 11.6 Å². The molecule has 0 saturated heterocycles. The van der Waals surface area contributed by atoms with Crippen molar-refractivity contribution in [1.82, 2.24) is 9.97 Å². The van der Waals surface area contributed by atoms with Crippen LogP contribution in [0.3, 0.4) is 0 Å². The molecule has 4 nitrogen and oxygen atoms in total. The van der Waals surface area contributed by atoms with Gasteiger partial charge in [-0.1, -0.05) is 53.1 Å². The van der Waals surface area contributed by atoms with Crippen LogP contribution < -0.4 is 9.47 Å². The summed E-state index contributed by atoms with van der Waals surface area (Å²) in [5.41, 5.74) is 3.48. The lowest BCUT2D eigenvalue weighted by atomic mass is 10.1. The molecule has 0 saturated carbocycles. The number of hydrogen-bond donors (Lipinski definition) is 0. The smallest absolute Gasteiger partial charge is 0.236 e. The zero-order chi connectivity index (χ0) is 20.7. The summed E-state index contributed by atoms with van der Waals surface area (Å²) in [5, 5.41) is 0.626. The molecule has 0 atom stereocenters. The molecule has 0 spiro atoms. The van der Waals surface area contributed by atoms with Crippen molar-refractivity contribution in [3.05, 3.63) is 34.6 Å². The topological polar surface area (TPSA) is 44.2 Å². The van der Waals surface area contributed by atoms with Crippen LogP contribution in [-0.2, 0) is 12.8 Å². The highest BCUT2D eigenvalue weighted by Gasteiger charge is 2.18. The molecule has 0 bridgehead atoms. The molecule has 0 unspecified atom stereocenters. The second kappa shape index (κ2) is 10.7. The summed E-state index contributed by atoms with van der Waals surface area (Å²) in [7, 11) is 0. The Hall–Kier alpha value is -1.81. The molecule has 1 aromatic carbocycles. The number of nitrogens with zero attached hydrogens (tertiary/aromatic N) is 2. The van der Waals surface area contributed by atoms with Gasteiger partial charge in [-0.3, -0.25) is 0 Å². The van der Waals surface area contributed by atoms with Crippen molar-refractivity contribution in [3.63, 3.8) is 0 Å². The van der Waals surface area contributed by atoms with Gasteiger partial charge in [-0.2, -0.15) is 0 Å². The van der Waals surface area contributed by atoms with Crippen LogP contribution in [0.4, 0.5) is 0 Å². The number of benzene rings is 1. The number of halogens is 1. The molecule has 1 aromatic heterocycles. The number of hydrogen-bond acceptors (Lipinski definition) is 4. The summed E-state index contributed by atoms with van der Waals surface area (Å²) in [6, 6.07) is 5.79. The predicted octanol–water partition coefficient (Wildman–Crippen LogP) is 6.52. The van der Waals surface area contributed by atoms with Crippen molar-refractivity contribution >= 4 is 11.6 Å². The SMILES string of the molecule is CCc1nc(-c2ccc(OCC(C)C)cc2Cl)c(CC)nc1OC(CC)CC. The average Bonchev–Trinajstić information content (AvgIpc) is 2.70. The van der Waals surface area contributed by atoms with Gasteiger partial charge in [0.05, 0.1) is 29.1 Å². The molecule has 0 fully saturated rings. The Morgan fingerprint density at radius 2 is 1.64 bits per heavy atom. The molecular formula is C23H33ClN2O2. The number of ether oxygens (including phenoxy) is 2. The largest absolute Gasteiger partial charge is 0.493 e. The van der Waals surface area contributed by atoms with E-state index in [9.17, 15) is 0 Å². The van der Waals surface area contributed by atoms with Gasteiger partial charge in [0.1, 0.15) is 11.4 Å². The highest BCUT2D eigenvalue weighted by Crippen LogP contribution is 2.34. The van der Waals surface area contributed by atoms with Gasteiger partial charge in [-0.15, -0.1) is 0 Å². The van der Waals surface area contributed by atoms with Gasteiger partial charge in [-0.05, 0) is 49.8 Å². The fourth-order valence-corrected chi connectivity index (χ4v) is 3.19. The summed E-state index contributed by atoms with van der Waals surface area (Å²) in [5.74, 6) is 1.90. The Balaban J connectivity index is 2.42. The van der Waals surface area contributed by atoms with Crippen molar-refractivity contribution in [2.45, 2.75) is 73.3 Å². The number of aromatic nitrogens is 2. The van der Waals surface area contributed by atoms with E-state index in [0.29, 0.717) is 23.4 Å². The van der Waals surface area contributed by atoms with Gasteiger partial charge >= 0.3 is 0 Å². The first-order valence-electron chi connectivity index (χ1n) is 10.4. The maximum absolute atomic E-state index is 6.59. The Morgan fingerprint density at radius 3 is 2.18 bits per heavy atom. The van der Waals surface area contributed by atoms with Crippen molar-refractivity contribution in [2.75, 3.05) is 6.61 Å². The summed E-state index contributed by atoms with van der Waals surface area (Å²) in [6.45, 7) is 13.3. The molecule has 0 amide bonds. The molecular weight excluding hydrogens is 372 g/mol. The Morgan fingerprint density at radius 1 is 0.964 bits per heavy atom. The number of aryl methyl sites for hydroxylation is 2. The second-order valence-electron chi connectivity index (χ2n) is 7.38. The Labute approximate surface area is 174 Å². The summed E-state index contributed by atoms with van der Waals surface area (Å²) < 4.78 is 11.9. The van der Waals surface area contributed by atoms with Gasteiger partial charge in [0.2, 0.25) is 5.88 Å². The minimum atomic E-state index is 0.163. The van der Waals surface area contributed by atoms with E-state index in [4.69, 9.17) is 31.0 Å². The highest BCUT2D eigenvalue weighted by atomic mass is 35.5. The van der Waals surface area contributed by atoms with E-state index in [1.807, 2.05) is 18.2 Å². The second-order valence-corrected chi connectivity index (χ2v) is 7.79. The quantitative estimate of drug-likeness (QED) is 0.451. The van der Waals surface area contributed by atoms with Crippen molar-refractivity contribution in [1.29, 1.82) is 0 Å². The standard InChI is InChI=1S/C23H33ClN2O2/c1-7-16(8-2)28-23-21(10-4)25-22(20(9-3)26-23)18-12-11-17(13-19(18)24)27-14-15(5)6/h11-13,15-16H,7-10,14H2,1-6H3. The van der Waals surface area contributed by atoms with Crippen LogP contribution >= 0.6 is 11.6 Å². The van der Waals surface area contributed by atoms with Crippen LogP contribution in [-0.4, -0.2) is 22.7 Å². The summed E-state index contributed by atoms with van der Waals surface area (Å²) >= 11 is 6.59. The third kappa shape index (κ3) is 5.60. The number of rotatable bonds is 10. The normalized spacial score (nSPS) is 11.3. The van der Waals surface area contributed by atoms with E-state index in [1.165, 1.54) is 0 Å². The molecule has 0 aliphatic heterocycles. The van der Waals surface area contributed by atoms with Gasteiger partial charge in [0.15, 0.2) is 0 Å². The molecule has 2 rings (SSSR count). The van der Waals surface area contributed by atoms with Crippen LogP contribution in [0.1, 0.15) is 65.8 Å². The lowest BCUT2D eigenvalue weighted by Gasteiger charge is -2.19. The minimum absolute atomic E-state index is 0.163. The van der Waals surface area contributed by atoms with E-state index < -0.39 is 0 Å². The van der Waals surface area contributed by atoms with E-state index in [2.05, 4.69) is 41.5 Å². The van der Waals surface area contributed by atoms with E-state index in [-0.39, 0.29) is 6.10 Å². The molecule has 0 N–H and O–H groups in total. The van der Waals surface area contributed by atoms with Gasteiger partial charge in [0.25, 0.3) is 0 Å². The molecule has 0 aliphatic carbocycles. The van der Waals surface area contributed by atoms with Gasteiger partial charge < -0.3 is 9.47 Å². The predicted molar refractivity (Wildman–Crippen MR) is 117 cm³/mol. The highest BCUT2D eigenvalue weighted by molar-refractivity contribution is 6.33. The Kier molecular flexibility index (Phi) is 8.56. The van der Waals surface area contributed by atoms with Crippen molar-refractivity contribution in [3.8, 4) is 22.9 Å². The van der Waals surface area contributed by atoms with Crippen molar-refractivity contribution in [2.24, 2.45) is 5.92 Å². The third-order valence-electron chi connectivity index (χ3n) is 4.64. The molecule has 5 heteroatoms. The first-order valence-corrected chi connectivity index (χ1v) is 10.8. The van der Waals surface area contributed by atoms with E-state index in [0.717, 1.165) is 54.1 Å². The monoisotopic (exact) mass is 404 g/mol. The molecule has 28 heavy (non-hydrogen) atoms. The first-order chi connectivity index (χ1) is 13.4. The van der Waals surface area contributed by atoms with Gasteiger partial charge in [-0.25, -0.2) is 9.97 Å². The summed E-state index contributed by atoms with van der Waals surface area (Å²) in [4.78, 5) is 9.73. The molecule has 1 heterocycles. The van der Waals surface area contributed by atoms with Crippen LogP contribution in [0, 0.1) is 5.92 Å². The average molecular weight is 405 g/mol. The third-order valence-corrected chi connectivity index (χ3v) is 4.95. The fraction of sp³-hybridized carbons (Fsp3) is 0.565. The first kappa shape index (κ1) is 22.5. The zero-order valence-electron chi connectivity index (χ0n) is 18.0. The van der Waals surface area contributed by atoms with Crippen LogP contribution in [0.2, 0.25) is 5.02 Å². The van der Waals surface area contributed by atoms with Crippen molar-refractivity contribution < 1.29 is 9.47 Å². The van der Waals surface area contributed by atoms with Gasteiger partial charge in [0, 0.05) is 5.56 Å². The maximum Gasteiger partial charge on any atom is 0.236 e. The minimum Gasteiger partial charge on any atom is -0.493 e. The molecule has 0 radical (unpaired) electrons. The van der Waals surface area contributed by atoms with Crippen LogP contribution in [0.25, 0.3) is 11.3 Å². The zero-order valence-corrected chi connectivity index (χ0v) is 18.8. The fourth-order valence-electron chi connectivity index (χ4n) is 2.93. The molecule has 0 aliphatic rings. The maximum atomic E-state index is 6.59. The Bertz CT molecular complexity index is 773. The molecule has 2 aromatic rings. The molecule has 154 valence electrons. The summed E-state index contributed by atoms with van der Waals surface area (Å²) in [6.07, 6.45) is 3.58. The van der Waals surface area contributed by atoms with E-state index in [1.54, 1.807) is 0 Å². The van der Waals surface area contributed by atoms with E-state index >= 15 is 0 Å². The lowest BCUT2D eigenvalue weighted by molar-refractivity contribution is 0.181. The lowest BCUT2D eigenvalue weighted by Crippen LogP contribution is -2.17. The van der Waals surface area contributed by atoms with Crippen LogP contribution in [0.15, 0.2) is 18.2 Å².